The van der Waals surface area contributed by atoms with Crippen LogP contribution in [0.5, 0.6) is 11.5 Å². The third-order valence-corrected chi connectivity index (χ3v) is 8.12. The number of amides is 1. The fourth-order valence-corrected chi connectivity index (χ4v) is 5.65. The van der Waals surface area contributed by atoms with Crippen molar-refractivity contribution >= 4 is 33.4 Å². The summed E-state index contributed by atoms with van der Waals surface area (Å²) in [6.07, 6.45) is 0. The Hall–Kier alpha value is -3.24. The number of nitrogens with one attached hydrogen (secondary N) is 1. The number of benzene rings is 3. The van der Waals surface area contributed by atoms with E-state index in [0.29, 0.717) is 29.4 Å². The lowest BCUT2D eigenvalue weighted by molar-refractivity contribution is -0.119. The minimum Gasteiger partial charge on any atom is -0.497 e. The second-order valence-corrected chi connectivity index (χ2v) is 10.8. The number of rotatable bonds is 12. The summed E-state index contributed by atoms with van der Waals surface area (Å²) in [5, 5.41) is 2.75. The predicted molar refractivity (Wildman–Crippen MR) is 141 cm³/mol. The molecular formula is C26H29FN2O5S2. The van der Waals surface area contributed by atoms with Gasteiger partial charge in [0.15, 0.2) is 0 Å². The summed E-state index contributed by atoms with van der Waals surface area (Å²) in [4.78, 5) is 12.9. The molecule has 0 spiro atoms. The summed E-state index contributed by atoms with van der Waals surface area (Å²) < 4.78 is 52.6. The molecule has 7 nitrogen and oxygen atoms in total. The molecule has 0 radical (unpaired) electrons. The van der Waals surface area contributed by atoms with Gasteiger partial charge in [0.05, 0.1) is 24.8 Å². The average molecular weight is 533 g/mol. The zero-order valence-electron chi connectivity index (χ0n) is 20.4. The third-order valence-electron chi connectivity index (χ3n) is 5.34. The molecule has 0 unspecified atom stereocenters. The van der Waals surface area contributed by atoms with Gasteiger partial charge >= 0.3 is 0 Å². The highest BCUT2D eigenvalue weighted by atomic mass is 32.2. The van der Waals surface area contributed by atoms with Gasteiger partial charge in [0.1, 0.15) is 23.9 Å². The number of carbonyl (C=O) groups is 1. The van der Waals surface area contributed by atoms with E-state index in [0.717, 1.165) is 9.87 Å². The number of hydrogen-bond acceptors (Lipinski definition) is 6. The molecule has 36 heavy (non-hydrogen) atoms. The Morgan fingerprint density at radius 1 is 1.03 bits per heavy atom. The lowest BCUT2D eigenvalue weighted by Gasteiger charge is -2.26. The number of nitrogens with zero attached hydrogens (tertiary/aromatic N) is 1. The number of thioether (sulfide) groups is 1. The van der Waals surface area contributed by atoms with Crippen LogP contribution >= 0.6 is 11.8 Å². The number of sulfonamides is 1. The minimum atomic E-state index is -4.09. The summed E-state index contributed by atoms with van der Waals surface area (Å²) in [5.74, 6) is 1.00. The highest BCUT2D eigenvalue weighted by molar-refractivity contribution is 7.98. The first-order valence-electron chi connectivity index (χ1n) is 11.2. The summed E-state index contributed by atoms with van der Waals surface area (Å²) >= 11 is 1.47. The van der Waals surface area contributed by atoms with Crippen molar-refractivity contribution in [2.75, 3.05) is 37.4 Å². The third kappa shape index (κ3) is 6.92. The van der Waals surface area contributed by atoms with Crippen LogP contribution in [0, 0.1) is 12.7 Å². The highest BCUT2D eigenvalue weighted by Crippen LogP contribution is 2.35. The Kier molecular flexibility index (Phi) is 9.60. The van der Waals surface area contributed by atoms with Crippen LogP contribution in [0.15, 0.2) is 71.6 Å². The predicted octanol–water partition coefficient (Wildman–Crippen LogP) is 4.40. The number of aryl methyl sites for hydroxylation is 1. The Balaban J connectivity index is 1.75. The molecule has 3 rings (SSSR count). The molecule has 3 aromatic rings. The van der Waals surface area contributed by atoms with Crippen molar-refractivity contribution in [3.05, 3.63) is 83.7 Å². The number of anilines is 1. The summed E-state index contributed by atoms with van der Waals surface area (Å²) in [7, 11) is -1.18. The molecule has 1 amide bonds. The maximum absolute atomic E-state index is 13.8. The van der Waals surface area contributed by atoms with Gasteiger partial charge in [0.25, 0.3) is 10.0 Å². The molecule has 0 bridgehead atoms. The lowest BCUT2D eigenvalue weighted by Crippen LogP contribution is -2.41. The maximum Gasteiger partial charge on any atom is 0.264 e. The van der Waals surface area contributed by atoms with E-state index in [2.05, 4.69) is 5.32 Å². The van der Waals surface area contributed by atoms with Crippen LogP contribution < -0.4 is 19.1 Å². The van der Waals surface area contributed by atoms with Crippen molar-refractivity contribution in [3.8, 4) is 11.5 Å². The van der Waals surface area contributed by atoms with E-state index in [9.17, 15) is 17.6 Å². The Morgan fingerprint density at radius 3 is 2.42 bits per heavy atom. The van der Waals surface area contributed by atoms with E-state index in [4.69, 9.17) is 9.47 Å². The molecule has 0 saturated carbocycles. The number of hydrogen-bond donors (Lipinski definition) is 1. The molecule has 192 valence electrons. The van der Waals surface area contributed by atoms with Crippen molar-refractivity contribution in [1.82, 2.24) is 5.32 Å². The van der Waals surface area contributed by atoms with Crippen molar-refractivity contribution < 1.29 is 27.1 Å². The molecule has 3 aromatic carbocycles. The van der Waals surface area contributed by atoms with Gasteiger partial charge in [-0.15, -0.1) is 0 Å². The van der Waals surface area contributed by atoms with Crippen molar-refractivity contribution in [1.29, 1.82) is 0 Å². The van der Waals surface area contributed by atoms with Crippen LogP contribution in [0.25, 0.3) is 0 Å². The van der Waals surface area contributed by atoms with E-state index in [1.165, 1.54) is 44.2 Å². The molecule has 0 aliphatic rings. The van der Waals surface area contributed by atoms with Gasteiger partial charge in [-0.05, 0) is 42.8 Å². The van der Waals surface area contributed by atoms with Crippen LogP contribution in [0.3, 0.4) is 0 Å². The van der Waals surface area contributed by atoms with Crippen molar-refractivity contribution in [3.63, 3.8) is 0 Å². The Bertz CT molecular complexity index is 1280. The van der Waals surface area contributed by atoms with Crippen molar-refractivity contribution in [2.24, 2.45) is 0 Å². The number of methoxy groups -OCH3 is 2. The molecule has 0 atom stereocenters. The first-order chi connectivity index (χ1) is 17.3. The SMILES string of the molecule is COc1ccc(N(CC(=O)NCCSCc2ccccc2F)S(=O)(=O)c2ccc(C)cc2)c(OC)c1. The normalized spacial score (nSPS) is 11.1. The fraction of sp³-hybridized carbons (Fsp3) is 0.269. The quantitative estimate of drug-likeness (QED) is 0.348. The molecule has 0 saturated heterocycles. The summed E-state index contributed by atoms with van der Waals surface area (Å²) in [6.45, 7) is 1.71. The van der Waals surface area contributed by atoms with Gasteiger partial charge in [0, 0.05) is 24.1 Å². The van der Waals surface area contributed by atoms with E-state index in [1.54, 1.807) is 48.5 Å². The molecular weight excluding hydrogens is 503 g/mol. The lowest BCUT2D eigenvalue weighted by atomic mass is 10.2. The van der Waals surface area contributed by atoms with E-state index in [1.807, 2.05) is 6.92 Å². The van der Waals surface area contributed by atoms with Crippen LogP contribution in [0.2, 0.25) is 0 Å². The first-order valence-corrected chi connectivity index (χ1v) is 13.7. The molecule has 0 aromatic heterocycles. The maximum atomic E-state index is 13.8. The minimum absolute atomic E-state index is 0.0548. The molecule has 0 fully saturated rings. The van der Waals surface area contributed by atoms with Gasteiger partial charge in [-0.3, -0.25) is 9.10 Å². The number of carbonyl (C=O) groups excluding carboxylic acids is 1. The standard InChI is InChI=1S/C26H29FN2O5S2/c1-19-8-11-22(12-9-19)36(31,32)29(24-13-10-21(33-2)16-25(24)34-3)17-26(30)28-14-15-35-18-20-6-4-5-7-23(20)27/h4-13,16H,14-15,17-18H2,1-3H3,(H,28,30). The van der Waals surface area contributed by atoms with Crippen LogP contribution in [0.4, 0.5) is 10.1 Å². The van der Waals surface area contributed by atoms with Gasteiger partial charge in [-0.1, -0.05) is 35.9 Å². The van der Waals surface area contributed by atoms with Gasteiger partial charge in [-0.2, -0.15) is 11.8 Å². The van der Waals surface area contributed by atoms with E-state index in [-0.39, 0.29) is 22.1 Å². The average Bonchev–Trinajstić information content (AvgIpc) is 2.88. The summed E-state index contributed by atoms with van der Waals surface area (Å²) in [6, 6.07) is 17.7. The zero-order valence-corrected chi connectivity index (χ0v) is 22.0. The van der Waals surface area contributed by atoms with Gasteiger partial charge < -0.3 is 14.8 Å². The van der Waals surface area contributed by atoms with Crippen LogP contribution in [-0.2, 0) is 20.6 Å². The highest BCUT2D eigenvalue weighted by Gasteiger charge is 2.29. The first kappa shape index (κ1) is 27.3. The van der Waals surface area contributed by atoms with Crippen LogP contribution in [-0.4, -0.2) is 47.4 Å². The van der Waals surface area contributed by atoms with Gasteiger partial charge in [0.2, 0.25) is 5.91 Å². The molecule has 1 N–H and O–H groups in total. The van der Waals surface area contributed by atoms with Gasteiger partial charge in [-0.25, -0.2) is 12.8 Å². The second kappa shape index (κ2) is 12.6. The smallest absolute Gasteiger partial charge is 0.264 e. The van der Waals surface area contributed by atoms with E-state index < -0.39 is 22.5 Å². The Morgan fingerprint density at radius 2 is 1.75 bits per heavy atom. The van der Waals surface area contributed by atoms with Crippen LogP contribution in [0.1, 0.15) is 11.1 Å². The molecule has 0 aliphatic carbocycles. The molecule has 0 heterocycles. The topological polar surface area (TPSA) is 84.9 Å². The zero-order chi connectivity index (χ0) is 26.1. The van der Waals surface area contributed by atoms with Crippen molar-refractivity contribution in [2.45, 2.75) is 17.6 Å². The number of halogens is 1. The monoisotopic (exact) mass is 532 g/mol. The van der Waals surface area contributed by atoms with E-state index >= 15 is 0 Å². The molecule has 0 aliphatic heterocycles. The second-order valence-electron chi connectivity index (χ2n) is 7.86. The Labute approximate surface area is 215 Å². The molecule has 10 heteroatoms. The largest absolute Gasteiger partial charge is 0.497 e. The fourth-order valence-electron chi connectivity index (χ4n) is 3.37. The summed E-state index contributed by atoms with van der Waals surface area (Å²) in [5.41, 5.74) is 1.71. The number of ether oxygens (including phenoxy) is 2.